The molecule has 0 saturated heterocycles. The van der Waals surface area contributed by atoms with Crippen LogP contribution in [0.15, 0.2) is 18.2 Å². The van der Waals surface area contributed by atoms with Gasteiger partial charge in [-0.05, 0) is 37.6 Å². The molecule has 1 heterocycles. The molecule has 0 aliphatic carbocycles. The van der Waals surface area contributed by atoms with Crippen molar-refractivity contribution in [3.63, 3.8) is 0 Å². The number of aliphatic hydroxyl groups is 1. The molecule has 0 bridgehead atoms. The number of nitrogens with zero attached hydrogens (tertiary/aromatic N) is 1. The Bertz CT molecular complexity index is 718. The van der Waals surface area contributed by atoms with Crippen LogP contribution in [0.25, 0.3) is 10.9 Å². The van der Waals surface area contributed by atoms with Crippen LogP contribution in [0.5, 0.6) is 0 Å². The van der Waals surface area contributed by atoms with Gasteiger partial charge < -0.3 is 15.0 Å². The first-order valence-electron chi connectivity index (χ1n) is 6.31. The van der Waals surface area contributed by atoms with Gasteiger partial charge in [0.15, 0.2) is 0 Å². The standard InChI is InChI=1S/C13H19N3O3S/c1-4-16(8-17)13-9(2)11-7-10(15-20(3,18)19)5-6-12(11)14-13/h5-7,14-15,17H,4,8H2,1-3H3. The zero-order chi connectivity index (χ0) is 14.9. The number of benzene rings is 1. The van der Waals surface area contributed by atoms with Crippen molar-refractivity contribution in [2.45, 2.75) is 13.8 Å². The third kappa shape index (κ3) is 2.88. The zero-order valence-corrected chi connectivity index (χ0v) is 12.6. The molecule has 20 heavy (non-hydrogen) atoms. The Morgan fingerprint density at radius 1 is 1.40 bits per heavy atom. The lowest BCUT2D eigenvalue weighted by molar-refractivity contribution is 0.292. The Morgan fingerprint density at radius 3 is 2.65 bits per heavy atom. The second kappa shape index (κ2) is 5.34. The third-order valence-electron chi connectivity index (χ3n) is 3.20. The van der Waals surface area contributed by atoms with Gasteiger partial charge in [0, 0.05) is 23.1 Å². The molecule has 6 nitrogen and oxygen atoms in total. The number of hydrogen-bond acceptors (Lipinski definition) is 4. The topological polar surface area (TPSA) is 85.4 Å². The van der Waals surface area contributed by atoms with Crippen LogP contribution < -0.4 is 9.62 Å². The maximum absolute atomic E-state index is 11.3. The second-order valence-electron chi connectivity index (χ2n) is 4.73. The average Bonchev–Trinajstić information content (AvgIpc) is 2.67. The highest BCUT2D eigenvalue weighted by Gasteiger charge is 2.13. The van der Waals surface area contributed by atoms with Crippen molar-refractivity contribution in [1.29, 1.82) is 0 Å². The maximum atomic E-state index is 11.3. The Kier molecular flexibility index (Phi) is 3.92. The van der Waals surface area contributed by atoms with Gasteiger partial charge in [0.2, 0.25) is 10.0 Å². The number of sulfonamides is 1. The molecule has 0 saturated carbocycles. The number of aryl methyl sites for hydroxylation is 1. The van der Waals surface area contributed by atoms with E-state index in [2.05, 4.69) is 9.71 Å². The van der Waals surface area contributed by atoms with Crippen LogP contribution in [0, 0.1) is 6.92 Å². The summed E-state index contributed by atoms with van der Waals surface area (Å²) in [5, 5.41) is 10.3. The van der Waals surface area contributed by atoms with Crippen LogP contribution in [0.3, 0.4) is 0 Å². The summed E-state index contributed by atoms with van der Waals surface area (Å²) >= 11 is 0. The Hall–Kier alpha value is -1.73. The molecule has 0 aliphatic heterocycles. The molecule has 1 aromatic carbocycles. The van der Waals surface area contributed by atoms with E-state index in [1.165, 1.54) is 0 Å². The molecule has 1 aromatic heterocycles. The van der Waals surface area contributed by atoms with Gasteiger partial charge in [-0.15, -0.1) is 0 Å². The van der Waals surface area contributed by atoms with Gasteiger partial charge in [-0.3, -0.25) is 4.72 Å². The smallest absolute Gasteiger partial charge is 0.229 e. The molecule has 3 N–H and O–H groups in total. The fourth-order valence-corrected chi connectivity index (χ4v) is 2.79. The quantitative estimate of drug-likeness (QED) is 0.732. The third-order valence-corrected chi connectivity index (χ3v) is 3.81. The van der Waals surface area contributed by atoms with Crippen LogP contribution >= 0.6 is 0 Å². The number of aromatic amines is 1. The minimum atomic E-state index is -3.29. The molecular formula is C13H19N3O3S. The molecule has 110 valence electrons. The van der Waals surface area contributed by atoms with Crippen molar-refractivity contribution in [2.75, 3.05) is 29.2 Å². The fourth-order valence-electron chi connectivity index (χ4n) is 2.23. The number of aromatic nitrogens is 1. The van der Waals surface area contributed by atoms with Gasteiger partial charge in [0.25, 0.3) is 0 Å². The number of rotatable bonds is 5. The lowest BCUT2D eigenvalue weighted by atomic mass is 10.1. The van der Waals surface area contributed by atoms with E-state index >= 15 is 0 Å². The zero-order valence-electron chi connectivity index (χ0n) is 11.8. The van der Waals surface area contributed by atoms with E-state index in [4.69, 9.17) is 0 Å². The molecule has 0 radical (unpaired) electrons. The molecule has 0 spiro atoms. The van der Waals surface area contributed by atoms with Crippen molar-refractivity contribution < 1.29 is 13.5 Å². The van der Waals surface area contributed by atoms with Crippen LogP contribution in [0.4, 0.5) is 11.5 Å². The highest BCUT2D eigenvalue weighted by Crippen LogP contribution is 2.30. The predicted molar refractivity (Wildman–Crippen MR) is 81.6 cm³/mol. The van der Waals surface area contributed by atoms with Crippen molar-refractivity contribution in [3.05, 3.63) is 23.8 Å². The molecule has 0 fully saturated rings. The normalized spacial score (nSPS) is 11.8. The van der Waals surface area contributed by atoms with Gasteiger partial charge in [-0.25, -0.2) is 8.42 Å². The van der Waals surface area contributed by atoms with Crippen LogP contribution in [-0.2, 0) is 10.0 Å². The van der Waals surface area contributed by atoms with E-state index in [9.17, 15) is 13.5 Å². The van der Waals surface area contributed by atoms with E-state index < -0.39 is 10.0 Å². The largest absolute Gasteiger partial charge is 0.376 e. The Labute approximate surface area is 118 Å². The first-order valence-corrected chi connectivity index (χ1v) is 8.20. The maximum Gasteiger partial charge on any atom is 0.229 e. The van der Waals surface area contributed by atoms with E-state index in [-0.39, 0.29) is 6.73 Å². The van der Waals surface area contributed by atoms with Crippen LogP contribution in [0.2, 0.25) is 0 Å². The van der Waals surface area contributed by atoms with Gasteiger partial charge in [-0.1, -0.05) is 0 Å². The van der Waals surface area contributed by atoms with Crippen molar-refractivity contribution in [3.8, 4) is 0 Å². The summed E-state index contributed by atoms with van der Waals surface area (Å²) in [6, 6.07) is 5.32. The molecule has 0 amide bonds. The number of nitrogens with one attached hydrogen (secondary N) is 2. The van der Waals surface area contributed by atoms with Gasteiger partial charge in [-0.2, -0.15) is 0 Å². The summed E-state index contributed by atoms with van der Waals surface area (Å²) in [6.45, 7) is 4.51. The molecule has 0 unspecified atom stereocenters. The number of aliphatic hydroxyl groups excluding tert-OH is 1. The fraction of sp³-hybridized carbons (Fsp3) is 0.385. The monoisotopic (exact) mass is 297 g/mol. The number of anilines is 2. The second-order valence-corrected chi connectivity index (χ2v) is 6.48. The first-order chi connectivity index (χ1) is 9.35. The van der Waals surface area contributed by atoms with E-state index in [1.54, 1.807) is 17.0 Å². The van der Waals surface area contributed by atoms with Crippen molar-refractivity contribution in [1.82, 2.24) is 4.98 Å². The summed E-state index contributed by atoms with van der Waals surface area (Å²) in [7, 11) is -3.29. The highest BCUT2D eigenvalue weighted by molar-refractivity contribution is 7.92. The molecule has 0 aliphatic rings. The Morgan fingerprint density at radius 2 is 2.10 bits per heavy atom. The van der Waals surface area contributed by atoms with Gasteiger partial charge in [0.1, 0.15) is 12.5 Å². The lowest BCUT2D eigenvalue weighted by Crippen LogP contribution is -2.24. The minimum absolute atomic E-state index is 0.0708. The summed E-state index contributed by atoms with van der Waals surface area (Å²) in [5.74, 6) is 0.849. The van der Waals surface area contributed by atoms with Crippen molar-refractivity contribution in [2.24, 2.45) is 0 Å². The van der Waals surface area contributed by atoms with E-state index in [0.29, 0.717) is 12.2 Å². The Balaban J connectivity index is 2.50. The summed E-state index contributed by atoms with van der Waals surface area (Å²) in [4.78, 5) is 5.05. The molecule has 2 rings (SSSR count). The summed E-state index contributed by atoms with van der Waals surface area (Å²) < 4.78 is 25.0. The molecule has 7 heteroatoms. The lowest BCUT2D eigenvalue weighted by Gasteiger charge is -2.18. The van der Waals surface area contributed by atoms with Gasteiger partial charge >= 0.3 is 0 Å². The average molecular weight is 297 g/mol. The predicted octanol–water partition coefficient (Wildman–Crippen LogP) is 1.62. The van der Waals surface area contributed by atoms with Crippen molar-refractivity contribution >= 4 is 32.4 Å². The molecule has 2 aromatic rings. The first kappa shape index (κ1) is 14.7. The van der Waals surface area contributed by atoms with E-state index in [0.717, 1.165) is 28.5 Å². The highest BCUT2D eigenvalue weighted by atomic mass is 32.2. The summed E-state index contributed by atoms with van der Waals surface area (Å²) in [6.07, 6.45) is 1.12. The molecule has 0 atom stereocenters. The number of hydrogen-bond donors (Lipinski definition) is 3. The van der Waals surface area contributed by atoms with Crippen LogP contribution in [-0.4, -0.2) is 38.0 Å². The van der Waals surface area contributed by atoms with E-state index in [1.807, 2.05) is 19.9 Å². The minimum Gasteiger partial charge on any atom is -0.376 e. The van der Waals surface area contributed by atoms with Gasteiger partial charge in [0.05, 0.1) is 6.26 Å². The number of fused-ring (bicyclic) bond motifs is 1. The SMILES string of the molecule is CCN(CO)c1[nH]c2ccc(NS(C)(=O)=O)cc2c1C. The molecular weight excluding hydrogens is 278 g/mol. The summed E-state index contributed by atoms with van der Waals surface area (Å²) in [5.41, 5.74) is 2.41. The number of H-pyrrole nitrogens is 1. The van der Waals surface area contributed by atoms with Crippen LogP contribution in [0.1, 0.15) is 12.5 Å².